The fourth-order valence-corrected chi connectivity index (χ4v) is 2.40. The van der Waals surface area contributed by atoms with Crippen LogP contribution >= 0.6 is 0 Å². The Kier molecular flexibility index (Phi) is 5.78. The lowest BCUT2D eigenvalue weighted by atomic mass is 10.1. The van der Waals surface area contributed by atoms with Gasteiger partial charge in [0.1, 0.15) is 0 Å². The summed E-state index contributed by atoms with van der Waals surface area (Å²) in [6.07, 6.45) is 2.24. The van der Waals surface area contributed by atoms with E-state index < -0.39 is 9.84 Å². The Bertz CT molecular complexity index is 471. The van der Waals surface area contributed by atoms with Gasteiger partial charge in [-0.25, -0.2) is 8.42 Å². The molecule has 1 unspecified atom stereocenters. The number of hydrogen-bond donors (Lipinski definition) is 1. The number of ether oxygens (including phenoxy) is 1. The van der Waals surface area contributed by atoms with E-state index >= 15 is 0 Å². The lowest BCUT2D eigenvalue weighted by Gasteiger charge is -2.18. The van der Waals surface area contributed by atoms with Gasteiger partial charge in [-0.2, -0.15) is 0 Å². The second-order valence-electron chi connectivity index (χ2n) is 4.31. The van der Waals surface area contributed by atoms with Crippen molar-refractivity contribution in [2.75, 3.05) is 26.5 Å². The summed E-state index contributed by atoms with van der Waals surface area (Å²) in [7, 11) is -1.52. The van der Waals surface area contributed by atoms with Gasteiger partial charge in [0.15, 0.2) is 9.84 Å². The molecule has 1 aromatic carbocycles. The lowest BCUT2D eigenvalue weighted by Crippen LogP contribution is -2.26. The fraction of sp³-hybridized carbons (Fsp3) is 0.538. The molecule has 0 aliphatic carbocycles. The summed E-state index contributed by atoms with van der Waals surface area (Å²) >= 11 is 0. The van der Waals surface area contributed by atoms with Crippen LogP contribution in [-0.2, 0) is 14.6 Å². The topological polar surface area (TPSA) is 55.4 Å². The highest BCUT2D eigenvalue weighted by molar-refractivity contribution is 7.90. The molecule has 0 spiro atoms. The molecule has 102 valence electrons. The molecule has 4 nitrogen and oxygen atoms in total. The van der Waals surface area contributed by atoms with Crippen LogP contribution < -0.4 is 5.32 Å². The molecular weight excluding hydrogens is 250 g/mol. The highest BCUT2D eigenvalue weighted by atomic mass is 32.2. The first-order valence-corrected chi connectivity index (χ1v) is 7.90. The van der Waals surface area contributed by atoms with Crippen LogP contribution in [0.15, 0.2) is 29.2 Å². The first-order chi connectivity index (χ1) is 8.49. The molecule has 0 saturated heterocycles. The van der Waals surface area contributed by atoms with Gasteiger partial charge < -0.3 is 10.1 Å². The van der Waals surface area contributed by atoms with Crippen molar-refractivity contribution in [3.63, 3.8) is 0 Å². The Morgan fingerprint density at radius 3 is 2.67 bits per heavy atom. The minimum atomic E-state index is -3.16. The van der Waals surface area contributed by atoms with Crippen molar-refractivity contribution in [3.8, 4) is 0 Å². The minimum absolute atomic E-state index is 0.0247. The average Bonchev–Trinajstić information content (AvgIpc) is 2.33. The van der Waals surface area contributed by atoms with Gasteiger partial charge in [0, 0.05) is 13.4 Å². The molecule has 0 amide bonds. The van der Waals surface area contributed by atoms with Crippen molar-refractivity contribution in [2.24, 2.45) is 0 Å². The van der Waals surface area contributed by atoms with Gasteiger partial charge >= 0.3 is 0 Å². The summed E-state index contributed by atoms with van der Waals surface area (Å²) in [6.45, 7) is 3.48. The maximum atomic E-state index is 11.5. The van der Waals surface area contributed by atoms with Crippen LogP contribution in [0.1, 0.15) is 24.9 Å². The van der Waals surface area contributed by atoms with Gasteiger partial charge in [0.05, 0.1) is 17.5 Å². The Balaban J connectivity index is 2.97. The van der Waals surface area contributed by atoms with Crippen LogP contribution in [0.5, 0.6) is 0 Å². The zero-order chi connectivity index (χ0) is 13.6. The van der Waals surface area contributed by atoms with Crippen molar-refractivity contribution in [2.45, 2.75) is 24.3 Å². The first-order valence-electron chi connectivity index (χ1n) is 6.01. The van der Waals surface area contributed by atoms with Crippen LogP contribution in [-0.4, -0.2) is 34.9 Å². The SMILES string of the molecule is CCCNC(COC)c1cccc(S(C)(=O)=O)c1. The zero-order valence-electron chi connectivity index (χ0n) is 11.1. The second-order valence-corrected chi connectivity index (χ2v) is 6.32. The third-order valence-corrected chi connectivity index (χ3v) is 3.77. The summed E-state index contributed by atoms with van der Waals surface area (Å²) in [4.78, 5) is 0.347. The van der Waals surface area contributed by atoms with Crippen molar-refractivity contribution < 1.29 is 13.2 Å². The van der Waals surface area contributed by atoms with E-state index in [0.717, 1.165) is 18.5 Å². The summed E-state index contributed by atoms with van der Waals surface area (Å²) in [5.41, 5.74) is 0.938. The van der Waals surface area contributed by atoms with Gasteiger partial charge in [-0.05, 0) is 30.7 Å². The lowest BCUT2D eigenvalue weighted by molar-refractivity contribution is 0.167. The molecule has 0 aliphatic rings. The molecule has 5 heteroatoms. The van der Waals surface area contributed by atoms with Crippen molar-refractivity contribution >= 4 is 9.84 Å². The summed E-state index contributed by atoms with van der Waals surface area (Å²) in [6, 6.07) is 7.03. The van der Waals surface area contributed by atoms with Crippen molar-refractivity contribution in [3.05, 3.63) is 29.8 Å². The molecule has 1 rings (SSSR count). The van der Waals surface area contributed by atoms with Gasteiger partial charge in [-0.3, -0.25) is 0 Å². The largest absolute Gasteiger partial charge is 0.383 e. The molecule has 0 aliphatic heterocycles. The maximum Gasteiger partial charge on any atom is 0.175 e. The summed E-state index contributed by atoms with van der Waals surface area (Å²) in [5.74, 6) is 0. The fourth-order valence-electron chi connectivity index (χ4n) is 1.72. The van der Waals surface area contributed by atoms with Crippen molar-refractivity contribution in [1.29, 1.82) is 0 Å². The predicted octanol–water partition coefficient (Wildman–Crippen LogP) is 1.78. The van der Waals surface area contributed by atoms with E-state index in [1.54, 1.807) is 25.3 Å². The molecule has 0 heterocycles. The number of nitrogens with one attached hydrogen (secondary N) is 1. The molecule has 1 aromatic rings. The van der Waals surface area contributed by atoms with E-state index in [1.807, 2.05) is 6.07 Å². The quantitative estimate of drug-likeness (QED) is 0.821. The highest BCUT2D eigenvalue weighted by Gasteiger charge is 2.13. The Morgan fingerprint density at radius 1 is 1.39 bits per heavy atom. The second kappa shape index (κ2) is 6.87. The van der Waals surface area contributed by atoms with E-state index in [1.165, 1.54) is 6.26 Å². The number of rotatable bonds is 7. The monoisotopic (exact) mass is 271 g/mol. The number of sulfone groups is 1. The number of methoxy groups -OCH3 is 1. The third kappa shape index (κ3) is 4.40. The number of benzene rings is 1. The summed E-state index contributed by atoms with van der Waals surface area (Å²) < 4.78 is 28.2. The van der Waals surface area contributed by atoms with Crippen molar-refractivity contribution in [1.82, 2.24) is 5.32 Å². The van der Waals surface area contributed by atoms with E-state index in [0.29, 0.717) is 11.5 Å². The molecule has 0 aromatic heterocycles. The molecule has 0 fully saturated rings. The zero-order valence-corrected chi connectivity index (χ0v) is 12.0. The van der Waals surface area contributed by atoms with Crippen LogP contribution in [0.4, 0.5) is 0 Å². The Hall–Kier alpha value is -0.910. The molecule has 18 heavy (non-hydrogen) atoms. The molecule has 0 radical (unpaired) electrons. The van der Waals surface area contributed by atoms with E-state index in [4.69, 9.17) is 4.74 Å². The molecule has 1 N–H and O–H groups in total. The van der Waals surface area contributed by atoms with E-state index in [9.17, 15) is 8.42 Å². The maximum absolute atomic E-state index is 11.5. The standard InChI is InChI=1S/C13H21NO3S/c1-4-8-14-13(10-17-2)11-6-5-7-12(9-11)18(3,15)16/h5-7,9,13-14H,4,8,10H2,1-3H3. The number of hydrogen-bond acceptors (Lipinski definition) is 4. The summed E-state index contributed by atoms with van der Waals surface area (Å²) in [5, 5.41) is 3.35. The third-order valence-electron chi connectivity index (χ3n) is 2.66. The Labute approximate surface area is 109 Å². The van der Waals surface area contributed by atoms with Gasteiger partial charge in [0.25, 0.3) is 0 Å². The average molecular weight is 271 g/mol. The predicted molar refractivity (Wildman–Crippen MR) is 72.5 cm³/mol. The van der Waals surface area contributed by atoms with Gasteiger partial charge in [0.2, 0.25) is 0 Å². The minimum Gasteiger partial charge on any atom is -0.383 e. The molecule has 0 saturated carbocycles. The smallest absolute Gasteiger partial charge is 0.175 e. The van der Waals surface area contributed by atoms with Gasteiger partial charge in [-0.15, -0.1) is 0 Å². The molecule has 0 bridgehead atoms. The van der Waals surface area contributed by atoms with Gasteiger partial charge in [-0.1, -0.05) is 19.1 Å². The first kappa shape index (κ1) is 15.1. The van der Waals surface area contributed by atoms with Crippen LogP contribution in [0.3, 0.4) is 0 Å². The normalized spacial score (nSPS) is 13.5. The molecule has 1 atom stereocenters. The van der Waals surface area contributed by atoms with Crippen LogP contribution in [0.2, 0.25) is 0 Å². The van der Waals surface area contributed by atoms with E-state index in [2.05, 4.69) is 12.2 Å². The molecular formula is C13H21NO3S. The van der Waals surface area contributed by atoms with Crippen LogP contribution in [0, 0.1) is 0 Å². The van der Waals surface area contributed by atoms with Crippen LogP contribution in [0.25, 0.3) is 0 Å². The highest BCUT2D eigenvalue weighted by Crippen LogP contribution is 2.18. The van der Waals surface area contributed by atoms with E-state index in [-0.39, 0.29) is 6.04 Å². The Morgan fingerprint density at radius 2 is 2.11 bits per heavy atom.